The SMILES string of the molecule is COC(=O)COc1ccc(SCCNS(=O)(=O)c2ccc(Cl)cc2)cc1. The first kappa shape index (κ1) is 20.6. The molecular weight excluding hydrogens is 398 g/mol. The van der Waals surface area contributed by atoms with Crippen molar-refractivity contribution < 1.29 is 22.7 Å². The van der Waals surface area contributed by atoms with Gasteiger partial charge in [-0.2, -0.15) is 0 Å². The molecule has 0 saturated heterocycles. The van der Waals surface area contributed by atoms with Gasteiger partial charge in [0.1, 0.15) is 5.75 Å². The van der Waals surface area contributed by atoms with Crippen LogP contribution in [0.3, 0.4) is 0 Å². The van der Waals surface area contributed by atoms with Gasteiger partial charge in [-0.1, -0.05) is 11.6 Å². The normalized spacial score (nSPS) is 11.2. The first-order chi connectivity index (χ1) is 12.4. The number of nitrogens with one attached hydrogen (secondary N) is 1. The Bertz CT molecular complexity index is 823. The van der Waals surface area contributed by atoms with Crippen molar-refractivity contribution in [2.75, 3.05) is 26.0 Å². The lowest BCUT2D eigenvalue weighted by molar-refractivity contribution is -0.142. The van der Waals surface area contributed by atoms with E-state index in [0.717, 1.165) is 4.90 Å². The van der Waals surface area contributed by atoms with E-state index in [1.54, 1.807) is 12.1 Å². The molecule has 0 bridgehead atoms. The van der Waals surface area contributed by atoms with Crippen LogP contribution in [0.15, 0.2) is 58.3 Å². The fraction of sp³-hybridized carbons (Fsp3) is 0.235. The molecule has 0 radical (unpaired) electrons. The molecule has 0 aliphatic rings. The van der Waals surface area contributed by atoms with Crippen LogP contribution in [-0.4, -0.2) is 40.4 Å². The number of sulfonamides is 1. The third-order valence-corrected chi connectivity index (χ3v) is 5.94. The molecule has 26 heavy (non-hydrogen) atoms. The average molecular weight is 416 g/mol. The highest BCUT2D eigenvalue weighted by Crippen LogP contribution is 2.21. The van der Waals surface area contributed by atoms with E-state index in [1.807, 2.05) is 12.1 Å². The summed E-state index contributed by atoms with van der Waals surface area (Å²) in [5.41, 5.74) is 0. The van der Waals surface area contributed by atoms with E-state index >= 15 is 0 Å². The fourth-order valence-corrected chi connectivity index (χ4v) is 3.93. The van der Waals surface area contributed by atoms with E-state index in [2.05, 4.69) is 9.46 Å². The van der Waals surface area contributed by atoms with Crippen molar-refractivity contribution in [1.82, 2.24) is 4.72 Å². The Labute approximate surface area is 161 Å². The molecule has 0 spiro atoms. The first-order valence-electron chi connectivity index (χ1n) is 7.58. The maximum atomic E-state index is 12.1. The maximum Gasteiger partial charge on any atom is 0.343 e. The summed E-state index contributed by atoms with van der Waals surface area (Å²) in [5, 5.41) is 0.485. The number of rotatable bonds is 9. The van der Waals surface area contributed by atoms with E-state index < -0.39 is 16.0 Å². The molecule has 0 unspecified atom stereocenters. The van der Waals surface area contributed by atoms with Crippen molar-refractivity contribution in [1.29, 1.82) is 0 Å². The quantitative estimate of drug-likeness (QED) is 0.385. The summed E-state index contributed by atoms with van der Waals surface area (Å²) in [6.45, 7) is 0.145. The second-order valence-electron chi connectivity index (χ2n) is 5.04. The van der Waals surface area contributed by atoms with Crippen molar-refractivity contribution in [3.05, 3.63) is 53.6 Å². The fourth-order valence-electron chi connectivity index (χ4n) is 1.88. The van der Waals surface area contributed by atoms with Gasteiger partial charge < -0.3 is 9.47 Å². The van der Waals surface area contributed by atoms with Crippen molar-refractivity contribution in [3.63, 3.8) is 0 Å². The summed E-state index contributed by atoms with van der Waals surface area (Å²) in [6.07, 6.45) is 0. The Morgan fingerprint density at radius 3 is 2.38 bits per heavy atom. The predicted molar refractivity (Wildman–Crippen MR) is 101 cm³/mol. The van der Waals surface area contributed by atoms with Gasteiger partial charge >= 0.3 is 5.97 Å². The predicted octanol–water partition coefficient (Wildman–Crippen LogP) is 2.96. The summed E-state index contributed by atoms with van der Waals surface area (Å²) in [4.78, 5) is 12.2. The van der Waals surface area contributed by atoms with Crippen LogP contribution in [0.2, 0.25) is 5.02 Å². The zero-order valence-electron chi connectivity index (χ0n) is 14.0. The Morgan fingerprint density at radius 1 is 1.12 bits per heavy atom. The van der Waals surface area contributed by atoms with E-state index in [9.17, 15) is 13.2 Å². The minimum Gasteiger partial charge on any atom is -0.482 e. The van der Waals surface area contributed by atoms with Crippen molar-refractivity contribution in [3.8, 4) is 5.75 Å². The van der Waals surface area contributed by atoms with Crippen LogP contribution in [0.25, 0.3) is 0 Å². The topological polar surface area (TPSA) is 81.7 Å². The Balaban J connectivity index is 1.77. The Morgan fingerprint density at radius 2 is 1.77 bits per heavy atom. The Hall–Kier alpha value is -1.74. The van der Waals surface area contributed by atoms with Crippen LogP contribution in [0.4, 0.5) is 0 Å². The number of hydrogen-bond acceptors (Lipinski definition) is 6. The van der Waals surface area contributed by atoms with Gasteiger partial charge in [0.25, 0.3) is 0 Å². The van der Waals surface area contributed by atoms with Gasteiger partial charge in [-0.05, 0) is 48.5 Å². The summed E-state index contributed by atoms with van der Waals surface area (Å²) < 4.78 is 36.6. The van der Waals surface area contributed by atoms with E-state index in [0.29, 0.717) is 16.5 Å². The number of thioether (sulfide) groups is 1. The number of halogens is 1. The second-order valence-corrected chi connectivity index (χ2v) is 8.41. The molecule has 9 heteroatoms. The molecule has 0 aromatic heterocycles. The van der Waals surface area contributed by atoms with Gasteiger partial charge in [0.2, 0.25) is 10.0 Å². The molecule has 2 aromatic carbocycles. The number of benzene rings is 2. The van der Waals surface area contributed by atoms with Gasteiger partial charge in [-0.15, -0.1) is 11.8 Å². The number of carbonyl (C=O) groups excluding carboxylic acids is 1. The van der Waals surface area contributed by atoms with Crippen LogP contribution in [0.1, 0.15) is 0 Å². The number of ether oxygens (including phenoxy) is 2. The van der Waals surface area contributed by atoms with Gasteiger partial charge in [0.15, 0.2) is 6.61 Å². The number of esters is 1. The molecule has 0 heterocycles. The van der Waals surface area contributed by atoms with E-state index in [-0.39, 0.29) is 18.0 Å². The molecule has 0 aliphatic carbocycles. The maximum absolute atomic E-state index is 12.1. The highest BCUT2D eigenvalue weighted by atomic mass is 35.5. The lowest BCUT2D eigenvalue weighted by Gasteiger charge is -2.08. The Kier molecular flexibility index (Phi) is 7.77. The minimum atomic E-state index is -3.54. The summed E-state index contributed by atoms with van der Waals surface area (Å²) in [6, 6.07) is 13.2. The van der Waals surface area contributed by atoms with Crippen molar-refractivity contribution in [2.24, 2.45) is 0 Å². The molecule has 140 valence electrons. The lowest BCUT2D eigenvalue weighted by Crippen LogP contribution is -2.25. The first-order valence-corrected chi connectivity index (χ1v) is 10.4. The van der Waals surface area contributed by atoms with E-state index in [4.69, 9.17) is 16.3 Å². The van der Waals surface area contributed by atoms with Gasteiger partial charge in [-0.25, -0.2) is 17.9 Å². The van der Waals surface area contributed by atoms with Gasteiger partial charge in [0, 0.05) is 22.2 Å². The molecule has 6 nitrogen and oxygen atoms in total. The minimum absolute atomic E-state index is 0.143. The molecule has 1 N–H and O–H groups in total. The van der Waals surface area contributed by atoms with E-state index in [1.165, 1.54) is 43.1 Å². The highest BCUT2D eigenvalue weighted by molar-refractivity contribution is 7.99. The third kappa shape index (κ3) is 6.53. The smallest absolute Gasteiger partial charge is 0.343 e. The number of methoxy groups -OCH3 is 1. The van der Waals surface area contributed by atoms with Crippen molar-refractivity contribution in [2.45, 2.75) is 9.79 Å². The molecule has 0 fully saturated rings. The second kappa shape index (κ2) is 9.82. The zero-order valence-corrected chi connectivity index (χ0v) is 16.4. The molecule has 2 rings (SSSR count). The van der Waals surface area contributed by atoms with Crippen LogP contribution < -0.4 is 9.46 Å². The van der Waals surface area contributed by atoms with Crippen LogP contribution >= 0.6 is 23.4 Å². The molecule has 2 aromatic rings. The average Bonchev–Trinajstić information content (AvgIpc) is 2.64. The molecule has 0 atom stereocenters. The van der Waals surface area contributed by atoms with Crippen LogP contribution in [0.5, 0.6) is 5.75 Å². The number of hydrogen-bond donors (Lipinski definition) is 1. The lowest BCUT2D eigenvalue weighted by atomic mass is 10.3. The zero-order chi connectivity index (χ0) is 19.0. The molecular formula is C17H18ClNO5S2. The third-order valence-electron chi connectivity index (χ3n) is 3.19. The van der Waals surface area contributed by atoms with Crippen LogP contribution in [0, 0.1) is 0 Å². The monoisotopic (exact) mass is 415 g/mol. The molecule has 0 amide bonds. The number of carbonyl (C=O) groups is 1. The molecule has 0 saturated carbocycles. The standard InChI is InChI=1S/C17H18ClNO5S2/c1-23-17(20)12-24-14-4-6-15(7-5-14)25-11-10-19-26(21,22)16-8-2-13(18)3-9-16/h2-9,19H,10-12H2,1H3. The summed E-state index contributed by atoms with van der Waals surface area (Å²) >= 11 is 7.26. The highest BCUT2D eigenvalue weighted by Gasteiger charge is 2.12. The van der Waals surface area contributed by atoms with Gasteiger partial charge in [0.05, 0.1) is 12.0 Å². The molecule has 0 aliphatic heterocycles. The van der Waals surface area contributed by atoms with Crippen LogP contribution in [-0.2, 0) is 19.6 Å². The van der Waals surface area contributed by atoms with Gasteiger partial charge in [-0.3, -0.25) is 0 Å². The van der Waals surface area contributed by atoms with Crippen molar-refractivity contribution >= 4 is 39.4 Å². The summed E-state index contributed by atoms with van der Waals surface area (Å²) in [5.74, 6) is 0.675. The summed E-state index contributed by atoms with van der Waals surface area (Å²) in [7, 11) is -2.24. The largest absolute Gasteiger partial charge is 0.482 e.